The minimum atomic E-state index is -0.260. The summed E-state index contributed by atoms with van der Waals surface area (Å²) in [7, 11) is 0. The Kier molecular flexibility index (Phi) is 6.28. The normalized spacial score (nSPS) is 14.8. The zero-order chi connectivity index (χ0) is 21.8. The van der Waals surface area contributed by atoms with Gasteiger partial charge in [-0.1, -0.05) is 36.4 Å². The van der Waals surface area contributed by atoms with Crippen LogP contribution in [0.15, 0.2) is 77.7 Å². The number of thioether (sulfide) groups is 1. The van der Waals surface area contributed by atoms with E-state index in [1.165, 1.54) is 0 Å². The molecule has 3 aromatic rings. The summed E-state index contributed by atoms with van der Waals surface area (Å²) < 4.78 is 0. The molecule has 5 nitrogen and oxygen atoms in total. The van der Waals surface area contributed by atoms with Gasteiger partial charge in [0.05, 0.1) is 0 Å². The molecule has 3 amide bonds. The van der Waals surface area contributed by atoms with Crippen LogP contribution in [-0.4, -0.2) is 24.2 Å². The molecule has 6 heteroatoms. The van der Waals surface area contributed by atoms with E-state index in [1.54, 1.807) is 11.8 Å². The van der Waals surface area contributed by atoms with Crippen molar-refractivity contribution in [1.29, 1.82) is 0 Å². The van der Waals surface area contributed by atoms with Crippen molar-refractivity contribution in [1.82, 2.24) is 5.32 Å². The molecule has 158 valence electrons. The van der Waals surface area contributed by atoms with Gasteiger partial charge in [0.2, 0.25) is 0 Å². The van der Waals surface area contributed by atoms with Crippen LogP contribution in [0.3, 0.4) is 0 Å². The third-order valence-corrected chi connectivity index (χ3v) is 6.11. The standard InChI is InChI=1S/C25H25N3O2S/c1-17-13-20-12-11-18(14-23(20)28(17)24(29)19-7-4-3-5-8-19)16-26-25(30)27-21-9-6-10-22(15-21)31-2/h3-12,14-15,17H,13,16H2,1-2H3,(H2,26,27,30)/t17-/m0/s1. The highest BCUT2D eigenvalue weighted by molar-refractivity contribution is 7.98. The molecule has 0 aromatic heterocycles. The molecule has 1 aliphatic rings. The van der Waals surface area contributed by atoms with Crippen LogP contribution in [0.1, 0.15) is 28.4 Å². The van der Waals surface area contributed by atoms with Crippen molar-refractivity contribution in [2.75, 3.05) is 16.5 Å². The van der Waals surface area contributed by atoms with Crippen LogP contribution in [0.25, 0.3) is 0 Å². The molecule has 4 rings (SSSR count). The van der Waals surface area contributed by atoms with E-state index < -0.39 is 0 Å². The molecule has 0 saturated carbocycles. The van der Waals surface area contributed by atoms with Crippen LogP contribution in [0.4, 0.5) is 16.2 Å². The summed E-state index contributed by atoms with van der Waals surface area (Å²) >= 11 is 1.63. The van der Waals surface area contributed by atoms with E-state index in [0.717, 1.165) is 33.8 Å². The number of rotatable bonds is 5. The largest absolute Gasteiger partial charge is 0.334 e. The summed E-state index contributed by atoms with van der Waals surface area (Å²) in [4.78, 5) is 28.4. The number of carbonyl (C=O) groups excluding carboxylic acids is 2. The first kappa shape index (κ1) is 21.0. The van der Waals surface area contributed by atoms with E-state index in [9.17, 15) is 9.59 Å². The van der Waals surface area contributed by atoms with E-state index >= 15 is 0 Å². The van der Waals surface area contributed by atoms with Gasteiger partial charge in [-0.05, 0) is 67.1 Å². The highest BCUT2D eigenvalue weighted by atomic mass is 32.2. The van der Waals surface area contributed by atoms with Crippen molar-refractivity contribution in [3.05, 3.63) is 89.5 Å². The lowest BCUT2D eigenvalue weighted by molar-refractivity contribution is 0.0981. The van der Waals surface area contributed by atoms with E-state index in [0.29, 0.717) is 12.1 Å². The van der Waals surface area contributed by atoms with Crippen LogP contribution >= 0.6 is 11.8 Å². The van der Waals surface area contributed by atoms with Crippen LogP contribution < -0.4 is 15.5 Å². The van der Waals surface area contributed by atoms with Crippen molar-refractivity contribution in [3.63, 3.8) is 0 Å². The lowest BCUT2D eigenvalue weighted by Gasteiger charge is -2.23. The average Bonchev–Trinajstić information content (AvgIpc) is 3.12. The highest BCUT2D eigenvalue weighted by Gasteiger charge is 2.31. The van der Waals surface area contributed by atoms with Gasteiger partial charge in [0.1, 0.15) is 0 Å². The molecule has 2 N–H and O–H groups in total. The fourth-order valence-corrected chi connectivity index (χ4v) is 4.31. The Morgan fingerprint density at radius 3 is 2.61 bits per heavy atom. The zero-order valence-corrected chi connectivity index (χ0v) is 18.4. The van der Waals surface area contributed by atoms with Gasteiger partial charge in [0.15, 0.2) is 0 Å². The minimum Gasteiger partial charge on any atom is -0.334 e. The number of anilines is 2. The van der Waals surface area contributed by atoms with Crippen molar-refractivity contribution in [2.45, 2.75) is 30.8 Å². The molecule has 0 bridgehead atoms. The van der Waals surface area contributed by atoms with Crippen molar-refractivity contribution in [3.8, 4) is 0 Å². The monoisotopic (exact) mass is 431 g/mol. The van der Waals surface area contributed by atoms with Gasteiger partial charge in [0.25, 0.3) is 5.91 Å². The second-order valence-electron chi connectivity index (χ2n) is 7.60. The third kappa shape index (κ3) is 4.75. The number of hydrogen-bond acceptors (Lipinski definition) is 3. The number of nitrogens with one attached hydrogen (secondary N) is 2. The summed E-state index contributed by atoms with van der Waals surface area (Å²) in [5, 5.41) is 5.77. The number of urea groups is 1. The molecule has 0 aliphatic carbocycles. The van der Waals surface area contributed by atoms with Crippen LogP contribution in [-0.2, 0) is 13.0 Å². The van der Waals surface area contributed by atoms with Crippen molar-refractivity contribution >= 4 is 35.1 Å². The Morgan fingerprint density at radius 2 is 1.84 bits per heavy atom. The molecular weight excluding hydrogens is 406 g/mol. The minimum absolute atomic E-state index is 0.00313. The Labute approximate surface area is 186 Å². The molecule has 0 saturated heterocycles. The molecule has 3 aromatic carbocycles. The van der Waals surface area contributed by atoms with Gasteiger partial charge in [-0.25, -0.2) is 4.79 Å². The van der Waals surface area contributed by atoms with Gasteiger partial charge in [-0.3, -0.25) is 4.79 Å². The third-order valence-electron chi connectivity index (χ3n) is 5.39. The van der Waals surface area contributed by atoms with Crippen LogP contribution in [0.2, 0.25) is 0 Å². The second kappa shape index (κ2) is 9.27. The topological polar surface area (TPSA) is 61.4 Å². The number of hydrogen-bond donors (Lipinski definition) is 2. The molecule has 31 heavy (non-hydrogen) atoms. The SMILES string of the molecule is CSc1cccc(NC(=O)NCc2ccc3c(c2)N(C(=O)c2ccccc2)[C@@H](C)C3)c1. The Morgan fingerprint density at radius 1 is 1.03 bits per heavy atom. The maximum atomic E-state index is 13.1. The number of fused-ring (bicyclic) bond motifs is 1. The fourth-order valence-electron chi connectivity index (χ4n) is 3.85. The molecular formula is C25H25N3O2S. The Balaban J connectivity index is 1.45. The molecule has 0 radical (unpaired) electrons. The maximum Gasteiger partial charge on any atom is 0.319 e. The smallest absolute Gasteiger partial charge is 0.319 e. The summed E-state index contributed by atoms with van der Waals surface area (Å²) in [6.07, 6.45) is 2.83. The van der Waals surface area contributed by atoms with E-state index in [2.05, 4.69) is 23.6 Å². The maximum absolute atomic E-state index is 13.1. The van der Waals surface area contributed by atoms with Crippen LogP contribution in [0, 0.1) is 0 Å². The van der Waals surface area contributed by atoms with Crippen molar-refractivity contribution < 1.29 is 9.59 Å². The Bertz CT molecular complexity index is 1100. The van der Waals surface area contributed by atoms with Crippen molar-refractivity contribution in [2.24, 2.45) is 0 Å². The first-order valence-electron chi connectivity index (χ1n) is 10.2. The summed E-state index contributed by atoms with van der Waals surface area (Å²) in [6, 6.07) is 23.0. The number of nitrogens with zero attached hydrogens (tertiary/aromatic N) is 1. The lowest BCUT2D eigenvalue weighted by atomic mass is 10.1. The lowest BCUT2D eigenvalue weighted by Crippen LogP contribution is -2.35. The van der Waals surface area contributed by atoms with Gasteiger partial charge >= 0.3 is 6.03 Å². The predicted molar refractivity (Wildman–Crippen MR) is 127 cm³/mol. The number of carbonyl (C=O) groups is 2. The average molecular weight is 432 g/mol. The van der Waals surface area contributed by atoms with E-state index in [4.69, 9.17) is 0 Å². The highest BCUT2D eigenvalue weighted by Crippen LogP contribution is 2.34. The summed E-state index contributed by atoms with van der Waals surface area (Å²) in [5.41, 5.74) is 4.46. The first-order valence-corrected chi connectivity index (χ1v) is 11.5. The quantitative estimate of drug-likeness (QED) is 0.538. The van der Waals surface area contributed by atoms with Gasteiger partial charge in [-0.2, -0.15) is 0 Å². The first-order chi connectivity index (χ1) is 15.0. The second-order valence-corrected chi connectivity index (χ2v) is 8.48. The fraction of sp³-hybridized carbons (Fsp3) is 0.200. The summed E-state index contributed by atoms with van der Waals surface area (Å²) in [6.45, 7) is 2.44. The predicted octanol–water partition coefficient (Wildman–Crippen LogP) is 5.32. The van der Waals surface area contributed by atoms with E-state index in [-0.39, 0.29) is 18.0 Å². The molecule has 1 aliphatic heterocycles. The molecule has 0 spiro atoms. The van der Waals surface area contributed by atoms with E-state index in [1.807, 2.05) is 77.9 Å². The Hall–Kier alpha value is -3.25. The van der Waals surface area contributed by atoms with Gasteiger partial charge < -0.3 is 15.5 Å². The van der Waals surface area contributed by atoms with Crippen LogP contribution in [0.5, 0.6) is 0 Å². The van der Waals surface area contributed by atoms with Gasteiger partial charge in [-0.15, -0.1) is 11.8 Å². The van der Waals surface area contributed by atoms with Gasteiger partial charge in [0, 0.05) is 34.4 Å². The zero-order valence-electron chi connectivity index (χ0n) is 17.6. The number of benzene rings is 3. The number of amides is 3. The summed E-state index contributed by atoms with van der Waals surface area (Å²) in [5.74, 6) is 0.00313. The molecule has 0 fully saturated rings. The molecule has 1 atom stereocenters. The molecule has 0 unspecified atom stereocenters. The molecule has 1 heterocycles.